The number of carbonyl (C=O) groups excluding carboxylic acids is 1. The van der Waals surface area contributed by atoms with Crippen molar-refractivity contribution in [1.82, 2.24) is 14.8 Å². The predicted molar refractivity (Wildman–Crippen MR) is 78.2 cm³/mol. The molecule has 1 aromatic heterocycles. The molecule has 2 aliphatic rings. The van der Waals surface area contributed by atoms with Crippen LogP contribution in [0.15, 0.2) is 16.7 Å². The standard InChI is InChI=1S/C14H20BrN3O/c15-11-9-13(16-10-11)14(19)18-7-5-17(6-8-18)12-3-1-2-4-12/h9-10,12,16H,1-8H2. The maximum atomic E-state index is 12.3. The summed E-state index contributed by atoms with van der Waals surface area (Å²) in [5.74, 6) is 0.122. The Morgan fingerprint density at radius 1 is 1.21 bits per heavy atom. The van der Waals surface area contributed by atoms with Crippen LogP contribution >= 0.6 is 15.9 Å². The number of halogens is 1. The van der Waals surface area contributed by atoms with E-state index in [-0.39, 0.29) is 5.91 Å². The minimum Gasteiger partial charge on any atom is -0.356 e. The van der Waals surface area contributed by atoms with E-state index in [0.29, 0.717) is 5.69 Å². The lowest BCUT2D eigenvalue weighted by Crippen LogP contribution is -2.51. The Bertz CT molecular complexity index is 445. The first-order valence-corrected chi connectivity index (χ1v) is 7.90. The fourth-order valence-corrected chi connectivity index (χ4v) is 3.56. The molecule has 19 heavy (non-hydrogen) atoms. The molecule has 4 nitrogen and oxygen atoms in total. The van der Waals surface area contributed by atoms with E-state index >= 15 is 0 Å². The first kappa shape index (κ1) is 13.2. The van der Waals surface area contributed by atoms with Gasteiger partial charge in [-0.3, -0.25) is 9.69 Å². The van der Waals surface area contributed by atoms with E-state index in [4.69, 9.17) is 0 Å². The third-order valence-electron chi connectivity index (χ3n) is 4.32. The van der Waals surface area contributed by atoms with Crippen molar-refractivity contribution in [3.63, 3.8) is 0 Å². The van der Waals surface area contributed by atoms with E-state index in [1.807, 2.05) is 17.2 Å². The van der Waals surface area contributed by atoms with Gasteiger partial charge in [-0.2, -0.15) is 0 Å². The van der Waals surface area contributed by atoms with Crippen LogP contribution < -0.4 is 0 Å². The number of nitrogens with zero attached hydrogens (tertiary/aromatic N) is 2. The fraction of sp³-hybridized carbons (Fsp3) is 0.643. The fourth-order valence-electron chi connectivity index (χ4n) is 3.22. The molecule has 0 aromatic carbocycles. The van der Waals surface area contributed by atoms with Crippen LogP contribution in [0.5, 0.6) is 0 Å². The van der Waals surface area contributed by atoms with E-state index in [1.54, 1.807) is 0 Å². The van der Waals surface area contributed by atoms with Gasteiger partial charge in [-0.05, 0) is 34.8 Å². The van der Waals surface area contributed by atoms with Crippen LogP contribution in [0.1, 0.15) is 36.2 Å². The average Bonchev–Trinajstić information content (AvgIpc) is 3.09. The molecule has 1 saturated carbocycles. The van der Waals surface area contributed by atoms with Gasteiger partial charge in [-0.1, -0.05) is 12.8 Å². The van der Waals surface area contributed by atoms with E-state index < -0.39 is 0 Å². The molecule has 1 saturated heterocycles. The first-order valence-electron chi connectivity index (χ1n) is 7.11. The van der Waals surface area contributed by atoms with Crippen LogP contribution in [0, 0.1) is 0 Å². The Kier molecular flexibility index (Phi) is 3.93. The molecule has 1 amide bonds. The minimum absolute atomic E-state index is 0.122. The number of amides is 1. The maximum Gasteiger partial charge on any atom is 0.270 e. The first-order chi connectivity index (χ1) is 9.24. The third kappa shape index (κ3) is 2.87. The zero-order chi connectivity index (χ0) is 13.2. The van der Waals surface area contributed by atoms with Crippen molar-refractivity contribution in [2.24, 2.45) is 0 Å². The second kappa shape index (κ2) is 5.67. The quantitative estimate of drug-likeness (QED) is 0.907. The molecule has 2 fully saturated rings. The molecule has 0 radical (unpaired) electrons. The van der Waals surface area contributed by atoms with Crippen LogP contribution in [0.3, 0.4) is 0 Å². The number of carbonyl (C=O) groups is 1. The molecular formula is C14H20BrN3O. The molecule has 0 unspecified atom stereocenters. The zero-order valence-corrected chi connectivity index (χ0v) is 12.7. The van der Waals surface area contributed by atoms with Crippen LogP contribution in [-0.2, 0) is 0 Å². The van der Waals surface area contributed by atoms with Gasteiger partial charge in [-0.15, -0.1) is 0 Å². The third-order valence-corrected chi connectivity index (χ3v) is 4.78. The van der Waals surface area contributed by atoms with Gasteiger partial charge in [0.2, 0.25) is 0 Å². The number of aromatic nitrogens is 1. The van der Waals surface area contributed by atoms with E-state index in [2.05, 4.69) is 25.8 Å². The number of hydrogen-bond acceptors (Lipinski definition) is 2. The van der Waals surface area contributed by atoms with Crippen LogP contribution in [0.25, 0.3) is 0 Å². The molecule has 1 aliphatic heterocycles. The van der Waals surface area contributed by atoms with Gasteiger partial charge in [0.25, 0.3) is 5.91 Å². The molecule has 2 heterocycles. The van der Waals surface area contributed by atoms with Crippen molar-refractivity contribution < 1.29 is 4.79 Å². The van der Waals surface area contributed by atoms with Gasteiger partial charge >= 0.3 is 0 Å². The number of H-pyrrole nitrogens is 1. The summed E-state index contributed by atoms with van der Waals surface area (Å²) in [6.07, 6.45) is 7.25. The summed E-state index contributed by atoms with van der Waals surface area (Å²) in [5, 5.41) is 0. The second-order valence-electron chi connectivity index (χ2n) is 5.50. The summed E-state index contributed by atoms with van der Waals surface area (Å²) in [6.45, 7) is 3.76. The Morgan fingerprint density at radius 3 is 2.47 bits per heavy atom. The SMILES string of the molecule is O=C(c1cc(Br)c[nH]1)N1CCN(C2CCCC2)CC1. The molecule has 1 aliphatic carbocycles. The lowest BCUT2D eigenvalue weighted by atomic mass is 10.1. The van der Waals surface area contributed by atoms with Crippen molar-refractivity contribution >= 4 is 21.8 Å². The molecule has 3 rings (SSSR count). The number of piperazine rings is 1. The Labute approximate surface area is 122 Å². The van der Waals surface area contributed by atoms with Gasteiger partial charge in [0.1, 0.15) is 5.69 Å². The van der Waals surface area contributed by atoms with Crippen LogP contribution in [0.4, 0.5) is 0 Å². The predicted octanol–water partition coefficient (Wildman–Crippen LogP) is 2.48. The van der Waals surface area contributed by atoms with Crippen LogP contribution in [-0.4, -0.2) is 52.9 Å². The van der Waals surface area contributed by atoms with Gasteiger partial charge in [-0.25, -0.2) is 0 Å². The lowest BCUT2D eigenvalue weighted by Gasteiger charge is -2.37. The van der Waals surface area contributed by atoms with Gasteiger partial charge in [0.05, 0.1) is 0 Å². The van der Waals surface area contributed by atoms with Gasteiger partial charge < -0.3 is 9.88 Å². The Morgan fingerprint density at radius 2 is 1.89 bits per heavy atom. The molecule has 5 heteroatoms. The van der Waals surface area contributed by atoms with Crippen molar-refractivity contribution in [1.29, 1.82) is 0 Å². The van der Waals surface area contributed by atoms with E-state index in [0.717, 1.165) is 36.7 Å². The lowest BCUT2D eigenvalue weighted by molar-refractivity contribution is 0.0568. The summed E-state index contributed by atoms with van der Waals surface area (Å²) in [7, 11) is 0. The number of hydrogen-bond donors (Lipinski definition) is 1. The van der Waals surface area contributed by atoms with Gasteiger partial charge in [0, 0.05) is 42.9 Å². The van der Waals surface area contributed by atoms with Crippen molar-refractivity contribution in [2.45, 2.75) is 31.7 Å². The summed E-state index contributed by atoms with van der Waals surface area (Å²) < 4.78 is 0.931. The number of rotatable bonds is 2. The zero-order valence-electron chi connectivity index (χ0n) is 11.1. The van der Waals surface area contributed by atoms with Crippen molar-refractivity contribution in [2.75, 3.05) is 26.2 Å². The summed E-state index contributed by atoms with van der Waals surface area (Å²) in [4.78, 5) is 19.8. The summed E-state index contributed by atoms with van der Waals surface area (Å²) in [6, 6.07) is 2.63. The molecule has 0 bridgehead atoms. The molecule has 1 N–H and O–H groups in total. The van der Waals surface area contributed by atoms with Crippen LogP contribution in [0.2, 0.25) is 0 Å². The highest BCUT2D eigenvalue weighted by molar-refractivity contribution is 9.10. The van der Waals surface area contributed by atoms with E-state index in [1.165, 1.54) is 25.7 Å². The average molecular weight is 326 g/mol. The Hall–Kier alpha value is -0.810. The highest BCUT2D eigenvalue weighted by Crippen LogP contribution is 2.24. The van der Waals surface area contributed by atoms with Gasteiger partial charge in [0.15, 0.2) is 0 Å². The molecule has 104 valence electrons. The molecule has 0 atom stereocenters. The monoisotopic (exact) mass is 325 g/mol. The number of aromatic amines is 1. The highest BCUT2D eigenvalue weighted by atomic mass is 79.9. The normalized spacial score (nSPS) is 22.1. The van der Waals surface area contributed by atoms with E-state index in [9.17, 15) is 4.79 Å². The molecular weight excluding hydrogens is 306 g/mol. The van der Waals surface area contributed by atoms with Crippen molar-refractivity contribution in [3.8, 4) is 0 Å². The molecule has 0 spiro atoms. The summed E-state index contributed by atoms with van der Waals surface area (Å²) in [5.41, 5.74) is 0.682. The van der Waals surface area contributed by atoms with Crippen molar-refractivity contribution in [3.05, 3.63) is 22.4 Å². The number of nitrogens with one attached hydrogen (secondary N) is 1. The largest absolute Gasteiger partial charge is 0.356 e. The smallest absolute Gasteiger partial charge is 0.270 e. The Balaban J connectivity index is 1.56. The highest BCUT2D eigenvalue weighted by Gasteiger charge is 2.28. The maximum absolute atomic E-state index is 12.3. The second-order valence-corrected chi connectivity index (χ2v) is 6.41. The molecule has 1 aromatic rings. The minimum atomic E-state index is 0.122. The summed E-state index contributed by atoms with van der Waals surface area (Å²) >= 11 is 3.37. The topological polar surface area (TPSA) is 39.3 Å².